The monoisotopic (exact) mass is 449 g/mol. The molecule has 0 aliphatic rings. The molecule has 0 unspecified atom stereocenters. The van der Waals surface area contributed by atoms with E-state index in [1.807, 2.05) is 60.0 Å². The Hall–Kier alpha value is -4.12. The molecule has 0 atom stereocenters. The zero-order chi connectivity index (χ0) is 23.7. The van der Waals surface area contributed by atoms with Gasteiger partial charge in [-0.05, 0) is 49.8 Å². The van der Waals surface area contributed by atoms with Crippen molar-refractivity contribution in [1.82, 2.24) is 9.38 Å². The maximum absolute atomic E-state index is 13.7. The zero-order valence-electron chi connectivity index (χ0n) is 19.8. The van der Waals surface area contributed by atoms with E-state index >= 15 is 0 Å². The van der Waals surface area contributed by atoms with Gasteiger partial charge in [-0.1, -0.05) is 60.7 Å². The molecule has 0 aliphatic heterocycles. The number of rotatable bonds is 7. The van der Waals surface area contributed by atoms with Crippen molar-refractivity contribution in [2.24, 2.45) is 7.05 Å². The number of fused-ring (bicyclic) bond motifs is 3. The lowest BCUT2D eigenvalue weighted by molar-refractivity contribution is -0.620. The summed E-state index contributed by atoms with van der Waals surface area (Å²) in [4.78, 5) is 19.5. The van der Waals surface area contributed by atoms with E-state index in [1.54, 1.807) is 6.08 Å². The van der Waals surface area contributed by atoms with Gasteiger partial charge in [-0.2, -0.15) is 4.40 Å². The van der Waals surface area contributed by atoms with Gasteiger partial charge in [0.1, 0.15) is 16.7 Å². The second kappa shape index (κ2) is 9.02. The molecule has 34 heavy (non-hydrogen) atoms. The number of benzene rings is 3. The summed E-state index contributed by atoms with van der Waals surface area (Å²) in [5.74, 6) is 0.833. The van der Waals surface area contributed by atoms with Crippen LogP contribution in [0.15, 0.2) is 84.9 Å². The molecule has 2 heterocycles. The molecule has 0 saturated heterocycles. The molecule has 0 radical (unpaired) electrons. The average molecular weight is 450 g/mol. The van der Waals surface area contributed by atoms with E-state index < -0.39 is 0 Å². The molecular formula is C29H29N4O+. The van der Waals surface area contributed by atoms with Crippen LogP contribution in [-0.2, 0) is 7.05 Å². The number of aromatic nitrogens is 3. The smallest absolute Gasteiger partial charge is 0.368 e. The second-order valence-corrected chi connectivity index (χ2v) is 8.38. The maximum atomic E-state index is 13.7. The molecule has 5 heteroatoms. The normalized spacial score (nSPS) is 11.6. The number of para-hydroxylation sites is 2. The molecular weight excluding hydrogens is 420 g/mol. The van der Waals surface area contributed by atoms with Crippen molar-refractivity contribution < 1.29 is 9.36 Å². The third kappa shape index (κ3) is 3.69. The number of hydrogen-bond acceptors (Lipinski definition) is 2. The molecule has 0 saturated carbocycles. The number of aryl methyl sites for hydroxylation is 1. The predicted molar refractivity (Wildman–Crippen MR) is 139 cm³/mol. The van der Waals surface area contributed by atoms with E-state index in [1.165, 1.54) is 5.69 Å². The lowest BCUT2D eigenvalue weighted by Gasteiger charge is -2.20. The number of anilines is 1. The van der Waals surface area contributed by atoms with Crippen molar-refractivity contribution in [3.63, 3.8) is 0 Å². The summed E-state index contributed by atoms with van der Waals surface area (Å²) >= 11 is 0. The Bertz CT molecular complexity index is 1490. The number of carbonyl (C=O) groups excluding carboxylic acids is 1. The largest absolute Gasteiger partial charge is 0.372 e. The highest BCUT2D eigenvalue weighted by atomic mass is 16.1. The quantitative estimate of drug-likeness (QED) is 0.198. The van der Waals surface area contributed by atoms with Crippen LogP contribution in [0.2, 0.25) is 0 Å². The van der Waals surface area contributed by atoms with Crippen LogP contribution in [0.1, 0.15) is 29.9 Å². The first kappa shape index (κ1) is 21.7. The Morgan fingerprint density at radius 3 is 2.32 bits per heavy atom. The molecule has 0 spiro atoms. The molecule has 0 aliphatic carbocycles. The van der Waals surface area contributed by atoms with Crippen molar-refractivity contribution in [2.45, 2.75) is 13.8 Å². The van der Waals surface area contributed by atoms with Crippen LogP contribution in [-0.4, -0.2) is 28.3 Å². The molecule has 1 N–H and O–H groups in total. The van der Waals surface area contributed by atoms with Crippen LogP contribution >= 0.6 is 0 Å². The molecule has 5 nitrogen and oxygen atoms in total. The third-order valence-electron chi connectivity index (χ3n) is 6.46. The molecule has 0 fully saturated rings. The first-order valence-electron chi connectivity index (χ1n) is 11.8. The van der Waals surface area contributed by atoms with Gasteiger partial charge in [0.05, 0.1) is 7.05 Å². The maximum Gasteiger partial charge on any atom is 0.368 e. The van der Waals surface area contributed by atoms with E-state index in [4.69, 9.17) is 0 Å². The predicted octanol–water partition coefficient (Wildman–Crippen LogP) is 5.65. The molecule has 0 amide bonds. The number of ketones is 1. The number of nitrogens with one attached hydrogen (secondary N) is 1. The zero-order valence-corrected chi connectivity index (χ0v) is 19.8. The molecule has 5 rings (SSSR count). The van der Waals surface area contributed by atoms with Crippen molar-refractivity contribution in [3.8, 4) is 11.3 Å². The molecule has 3 aromatic carbocycles. The topological polar surface area (TPSA) is 44.4 Å². The Morgan fingerprint density at radius 1 is 0.941 bits per heavy atom. The van der Waals surface area contributed by atoms with E-state index in [9.17, 15) is 4.79 Å². The number of nitrogens with zero attached hydrogens (tertiary/aromatic N) is 3. The highest BCUT2D eigenvalue weighted by molar-refractivity contribution is 6.10. The minimum atomic E-state index is -0.0423. The SMILES string of the molecule is CCN(CC)c1ccc(/C=C/C(=O)c2c(-c3ccccc3)[nH]c3n2c2ccccc2[n+]3C)cc1. The van der Waals surface area contributed by atoms with E-state index in [0.717, 1.165) is 46.7 Å². The Kier molecular flexibility index (Phi) is 5.76. The minimum Gasteiger partial charge on any atom is -0.372 e. The van der Waals surface area contributed by atoms with Gasteiger partial charge in [-0.3, -0.25) is 4.79 Å². The first-order chi connectivity index (χ1) is 16.6. The molecule has 170 valence electrons. The van der Waals surface area contributed by atoms with E-state index in [-0.39, 0.29) is 5.78 Å². The van der Waals surface area contributed by atoms with Gasteiger partial charge in [-0.15, -0.1) is 0 Å². The Balaban J connectivity index is 1.59. The first-order valence-corrected chi connectivity index (χ1v) is 11.8. The van der Waals surface area contributed by atoms with Crippen LogP contribution < -0.4 is 9.47 Å². The summed E-state index contributed by atoms with van der Waals surface area (Å²) in [6.07, 6.45) is 3.57. The van der Waals surface area contributed by atoms with Crippen LogP contribution in [0.5, 0.6) is 0 Å². The highest BCUT2D eigenvalue weighted by Crippen LogP contribution is 2.28. The molecule has 2 aromatic heterocycles. The Morgan fingerprint density at radius 2 is 1.62 bits per heavy atom. The van der Waals surface area contributed by atoms with Crippen LogP contribution in [0.25, 0.3) is 34.1 Å². The lowest BCUT2D eigenvalue weighted by Crippen LogP contribution is -2.27. The van der Waals surface area contributed by atoms with Gasteiger partial charge in [0.2, 0.25) is 5.78 Å². The number of carbonyl (C=O) groups is 1. The van der Waals surface area contributed by atoms with E-state index in [0.29, 0.717) is 5.69 Å². The van der Waals surface area contributed by atoms with Gasteiger partial charge < -0.3 is 4.90 Å². The lowest BCUT2D eigenvalue weighted by atomic mass is 10.1. The average Bonchev–Trinajstić information content (AvgIpc) is 3.41. The van der Waals surface area contributed by atoms with E-state index in [2.05, 4.69) is 64.7 Å². The minimum absolute atomic E-state index is 0.0423. The van der Waals surface area contributed by atoms with Crippen LogP contribution in [0.4, 0.5) is 5.69 Å². The fourth-order valence-electron chi connectivity index (χ4n) is 4.65. The van der Waals surface area contributed by atoms with Gasteiger partial charge in [0.25, 0.3) is 0 Å². The number of H-pyrrole nitrogens is 1. The van der Waals surface area contributed by atoms with Gasteiger partial charge in [-0.25, -0.2) is 9.55 Å². The van der Waals surface area contributed by atoms with Crippen LogP contribution in [0.3, 0.4) is 0 Å². The van der Waals surface area contributed by atoms with Crippen molar-refractivity contribution in [2.75, 3.05) is 18.0 Å². The summed E-state index contributed by atoms with van der Waals surface area (Å²) in [5.41, 5.74) is 6.70. The third-order valence-corrected chi connectivity index (χ3v) is 6.46. The van der Waals surface area contributed by atoms with Gasteiger partial charge in [0, 0.05) is 24.3 Å². The highest BCUT2D eigenvalue weighted by Gasteiger charge is 2.29. The summed E-state index contributed by atoms with van der Waals surface area (Å²) in [6, 6.07) is 26.5. The molecule has 0 bridgehead atoms. The summed E-state index contributed by atoms with van der Waals surface area (Å²) in [7, 11) is 2.02. The fraction of sp³-hybridized carbons (Fsp3) is 0.172. The van der Waals surface area contributed by atoms with Crippen LogP contribution in [0, 0.1) is 0 Å². The number of hydrogen-bond donors (Lipinski definition) is 1. The van der Waals surface area contributed by atoms with Crippen molar-refractivity contribution >= 4 is 34.4 Å². The summed E-state index contributed by atoms with van der Waals surface area (Å²) in [5, 5.41) is 0. The summed E-state index contributed by atoms with van der Waals surface area (Å²) in [6.45, 7) is 6.25. The summed E-state index contributed by atoms with van der Waals surface area (Å²) < 4.78 is 4.13. The number of aromatic amines is 1. The van der Waals surface area contributed by atoms with Crippen molar-refractivity contribution in [1.29, 1.82) is 0 Å². The number of imidazole rings is 2. The number of allylic oxidation sites excluding steroid dienone is 1. The molecule has 5 aromatic rings. The van der Waals surface area contributed by atoms with Gasteiger partial charge >= 0.3 is 5.78 Å². The van der Waals surface area contributed by atoms with Gasteiger partial charge in [0.15, 0.2) is 5.69 Å². The van der Waals surface area contributed by atoms with Crippen molar-refractivity contribution in [3.05, 3.63) is 96.2 Å². The second-order valence-electron chi connectivity index (χ2n) is 8.38. The standard InChI is InChI=1S/C29H28N4O/c1-4-32(5-2)23-18-15-21(16-19-23)17-20-26(34)28-27(22-11-7-6-8-12-22)30-29-31(3)24-13-9-10-14-25(24)33(28)29/h6-20H,4-5H2,1-3H3/p+1/b20-17+. The fourth-order valence-corrected chi connectivity index (χ4v) is 4.65. The Labute approximate surface area is 199 Å².